The summed E-state index contributed by atoms with van der Waals surface area (Å²) in [5.74, 6) is -1.07. The predicted molar refractivity (Wildman–Crippen MR) is 101 cm³/mol. The van der Waals surface area contributed by atoms with Crippen LogP contribution < -0.4 is 5.32 Å². The zero-order chi connectivity index (χ0) is 19.3. The number of esters is 1. The van der Waals surface area contributed by atoms with E-state index >= 15 is 0 Å². The van der Waals surface area contributed by atoms with E-state index in [0.717, 1.165) is 0 Å². The monoisotopic (exact) mass is 373 g/mol. The maximum absolute atomic E-state index is 12.1. The van der Waals surface area contributed by atoms with Crippen molar-refractivity contribution in [2.75, 3.05) is 11.9 Å². The molecule has 26 heavy (non-hydrogen) atoms. The lowest BCUT2D eigenvalue weighted by atomic mass is 9.95. The highest BCUT2D eigenvalue weighted by molar-refractivity contribution is 6.30. The molecule has 0 atom stereocenters. The van der Waals surface area contributed by atoms with Gasteiger partial charge in [-0.05, 0) is 42.5 Å². The fourth-order valence-electron chi connectivity index (χ4n) is 1.97. The van der Waals surface area contributed by atoms with Gasteiger partial charge in [0.25, 0.3) is 0 Å². The van der Waals surface area contributed by atoms with Crippen LogP contribution in [-0.2, 0) is 9.53 Å². The molecule has 0 radical (unpaired) electrons. The number of nitrogens with one attached hydrogen (secondary N) is 1. The summed E-state index contributed by atoms with van der Waals surface area (Å²) in [6.45, 7) is 5.07. The van der Waals surface area contributed by atoms with Crippen LogP contribution in [0.4, 0.5) is 5.69 Å². The number of carbonyl (C=O) groups is 3. The first-order valence-electron chi connectivity index (χ1n) is 8.04. The molecule has 2 aromatic carbocycles. The van der Waals surface area contributed by atoms with Crippen LogP contribution in [-0.4, -0.2) is 24.3 Å². The summed E-state index contributed by atoms with van der Waals surface area (Å²) in [6.07, 6.45) is 0. The molecule has 0 heterocycles. The largest absolute Gasteiger partial charge is 0.454 e. The van der Waals surface area contributed by atoms with E-state index in [1.54, 1.807) is 42.5 Å². The minimum absolute atomic E-state index is 0.118. The van der Waals surface area contributed by atoms with E-state index in [2.05, 4.69) is 5.32 Å². The number of anilines is 1. The van der Waals surface area contributed by atoms with E-state index in [9.17, 15) is 14.4 Å². The number of benzene rings is 2. The second kappa shape index (κ2) is 8.15. The topological polar surface area (TPSA) is 72.5 Å². The minimum Gasteiger partial charge on any atom is -0.454 e. The molecular formula is C20H20ClNO4. The van der Waals surface area contributed by atoms with Gasteiger partial charge in [0.15, 0.2) is 12.4 Å². The Morgan fingerprint density at radius 2 is 1.65 bits per heavy atom. The Bertz CT molecular complexity index is 822. The lowest BCUT2D eigenvalue weighted by Crippen LogP contribution is -2.27. The fraction of sp³-hybridized carbons (Fsp3) is 0.250. The third kappa shape index (κ3) is 5.43. The lowest BCUT2D eigenvalue weighted by Gasteiger charge is -2.17. The first-order chi connectivity index (χ1) is 12.2. The smallest absolute Gasteiger partial charge is 0.338 e. The highest BCUT2D eigenvalue weighted by atomic mass is 35.5. The molecule has 0 aliphatic heterocycles. The number of hydrogen-bond acceptors (Lipinski definition) is 4. The molecule has 1 amide bonds. The number of ketones is 1. The van der Waals surface area contributed by atoms with E-state index in [1.807, 2.05) is 20.8 Å². The second-order valence-corrected chi connectivity index (χ2v) is 7.23. The summed E-state index contributed by atoms with van der Waals surface area (Å²) in [7, 11) is 0. The first-order valence-corrected chi connectivity index (χ1v) is 8.42. The van der Waals surface area contributed by atoms with Gasteiger partial charge in [0.2, 0.25) is 5.91 Å². The molecule has 0 spiro atoms. The number of rotatable bonds is 5. The van der Waals surface area contributed by atoms with Gasteiger partial charge in [-0.15, -0.1) is 0 Å². The molecule has 2 rings (SSSR count). The molecule has 6 heteroatoms. The number of amides is 1. The zero-order valence-corrected chi connectivity index (χ0v) is 15.6. The molecule has 0 fully saturated rings. The molecule has 0 bridgehead atoms. The number of Topliss-reactive ketones (excluding diaryl/α,β-unsaturated/α-hetero) is 1. The molecule has 2 aromatic rings. The van der Waals surface area contributed by atoms with Gasteiger partial charge in [0.05, 0.1) is 5.56 Å². The Labute approximate surface area is 157 Å². The summed E-state index contributed by atoms with van der Waals surface area (Å²) in [4.78, 5) is 36.0. The second-order valence-electron chi connectivity index (χ2n) is 6.79. The predicted octanol–water partition coefficient (Wildman–Crippen LogP) is 4.36. The van der Waals surface area contributed by atoms with Gasteiger partial charge in [-0.25, -0.2) is 4.79 Å². The van der Waals surface area contributed by atoms with Crippen molar-refractivity contribution in [1.29, 1.82) is 0 Å². The van der Waals surface area contributed by atoms with Gasteiger partial charge in [-0.1, -0.05) is 38.4 Å². The number of hydrogen-bond donors (Lipinski definition) is 1. The van der Waals surface area contributed by atoms with Crippen molar-refractivity contribution < 1.29 is 19.1 Å². The highest BCUT2D eigenvalue weighted by Crippen LogP contribution is 2.18. The van der Waals surface area contributed by atoms with Crippen molar-refractivity contribution in [3.63, 3.8) is 0 Å². The Balaban J connectivity index is 1.93. The zero-order valence-electron chi connectivity index (χ0n) is 14.8. The molecule has 0 aromatic heterocycles. The van der Waals surface area contributed by atoms with Crippen molar-refractivity contribution in [2.45, 2.75) is 20.8 Å². The summed E-state index contributed by atoms with van der Waals surface area (Å²) >= 11 is 5.82. The summed E-state index contributed by atoms with van der Waals surface area (Å²) < 4.78 is 5.02. The van der Waals surface area contributed by atoms with Crippen LogP contribution >= 0.6 is 11.6 Å². The van der Waals surface area contributed by atoms with E-state index in [1.165, 1.54) is 6.07 Å². The standard InChI is InChI=1S/C20H20ClNO4/c1-20(2,3)19(25)22-16-9-7-13(8-10-16)17(23)12-26-18(24)14-5-4-6-15(21)11-14/h4-11H,12H2,1-3H3,(H,22,25). The SMILES string of the molecule is CC(C)(C)C(=O)Nc1ccc(C(=O)COC(=O)c2cccc(Cl)c2)cc1. The Kier molecular flexibility index (Phi) is 6.16. The maximum atomic E-state index is 12.1. The molecule has 0 aliphatic rings. The molecule has 136 valence electrons. The maximum Gasteiger partial charge on any atom is 0.338 e. The average molecular weight is 374 g/mol. The fourth-order valence-corrected chi connectivity index (χ4v) is 2.16. The Hall–Kier alpha value is -2.66. The summed E-state index contributed by atoms with van der Waals surface area (Å²) in [5, 5.41) is 3.19. The number of halogens is 1. The van der Waals surface area contributed by atoms with Gasteiger partial charge in [0, 0.05) is 21.7 Å². The molecule has 5 nitrogen and oxygen atoms in total. The van der Waals surface area contributed by atoms with E-state index in [0.29, 0.717) is 16.3 Å². The number of carbonyl (C=O) groups excluding carboxylic acids is 3. The van der Waals surface area contributed by atoms with E-state index in [4.69, 9.17) is 16.3 Å². The number of ether oxygens (including phenoxy) is 1. The molecule has 1 N–H and O–H groups in total. The third-order valence-electron chi connectivity index (χ3n) is 3.54. The molecular weight excluding hydrogens is 354 g/mol. The first kappa shape index (κ1) is 19.7. The van der Waals surface area contributed by atoms with Gasteiger partial charge in [0.1, 0.15) is 0 Å². The van der Waals surface area contributed by atoms with Gasteiger partial charge >= 0.3 is 5.97 Å². The minimum atomic E-state index is -0.616. The average Bonchev–Trinajstić information content (AvgIpc) is 2.59. The molecule has 0 saturated heterocycles. The van der Waals surface area contributed by atoms with Gasteiger partial charge < -0.3 is 10.1 Å². The van der Waals surface area contributed by atoms with Crippen LogP contribution in [0.25, 0.3) is 0 Å². The molecule has 0 saturated carbocycles. The quantitative estimate of drug-likeness (QED) is 0.624. The lowest BCUT2D eigenvalue weighted by molar-refractivity contribution is -0.123. The van der Waals surface area contributed by atoms with E-state index in [-0.39, 0.29) is 23.9 Å². The van der Waals surface area contributed by atoms with Crippen LogP contribution in [0, 0.1) is 5.41 Å². The van der Waals surface area contributed by atoms with Gasteiger partial charge in [-0.2, -0.15) is 0 Å². The van der Waals surface area contributed by atoms with Crippen molar-refractivity contribution >= 4 is 34.9 Å². The van der Waals surface area contributed by atoms with Crippen molar-refractivity contribution in [3.8, 4) is 0 Å². The van der Waals surface area contributed by atoms with Crippen LogP contribution in [0.15, 0.2) is 48.5 Å². The van der Waals surface area contributed by atoms with Crippen LogP contribution in [0.3, 0.4) is 0 Å². The van der Waals surface area contributed by atoms with Gasteiger partial charge in [-0.3, -0.25) is 9.59 Å². The van der Waals surface area contributed by atoms with Crippen LogP contribution in [0.1, 0.15) is 41.5 Å². The molecule has 0 aliphatic carbocycles. The third-order valence-corrected chi connectivity index (χ3v) is 3.78. The highest BCUT2D eigenvalue weighted by Gasteiger charge is 2.21. The summed E-state index contributed by atoms with van der Waals surface area (Å²) in [5.41, 5.74) is 0.754. The molecule has 0 unspecified atom stereocenters. The Morgan fingerprint density at radius 1 is 1.00 bits per heavy atom. The van der Waals surface area contributed by atoms with Crippen molar-refractivity contribution in [1.82, 2.24) is 0 Å². The van der Waals surface area contributed by atoms with Crippen molar-refractivity contribution in [2.24, 2.45) is 5.41 Å². The van der Waals surface area contributed by atoms with E-state index < -0.39 is 11.4 Å². The Morgan fingerprint density at radius 3 is 2.23 bits per heavy atom. The van der Waals surface area contributed by atoms with Crippen LogP contribution in [0.2, 0.25) is 5.02 Å². The summed E-state index contributed by atoms with van der Waals surface area (Å²) in [6, 6.07) is 12.7. The van der Waals surface area contributed by atoms with Crippen LogP contribution in [0.5, 0.6) is 0 Å². The van der Waals surface area contributed by atoms with Crippen molar-refractivity contribution in [3.05, 3.63) is 64.7 Å². The normalized spacial score (nSPS) is 10.9.